The van der Waals surface area contributed by atoms with Crippen molar-refractivity contribution in [3.05, 3.63) is 93.9 Å². The number of rotatable bonds is 6. The first-order valence-corrected chi connectivity index (χ1v) is 11.3. The van der Waals surface area contributed by atoms with Gasteiger partial charge in [-0.25, -0.2) is 0 Å². The lowest BCUT2D eigenvalue weighted by molar-refractivity contribution is -0.123. The van der Waals surface area contributed by atoms with Crippen molar-refractivity contribution in [3.63, 3.8) is 0 Å². The fourth-order valence-electron chi connectivity index (χ4n) is 3.60. The average Bonchev–Trinajstić information content (AvgIpc) is 3.39. The van der Waals surface area contributed by atoms with Crippen molar-refractivity contribution in [1.29, 1.82) is 0 Å². The lowest BCUT2D eigenvalue weighted by atomic mass is 10.1. The molecule has 166 valence electrons. The SMILES string of the molecule is Cc1ccccc1CN1C(=O)S/C(=C\c2ccc(OCc3ccc4c(c3)OCO4)cc2)C1=O. The van der Waals surface area contributed by atoms with Crippen LogP contribution in [0.1, 0.15) is 22.3 Å². The van der Waals surface area contributed by atoms with Gasteiger partial charge in [0.05, 0.1) is 11.4 Å². The minimum atomic E-state index is -0.267. The summed E-state index contributed by atoms with van der Waals surface area (Å²) in [5, 5.41) is -0.252. The van der Waals surface area contributed by atoms with Crippen molar-refractivity contribution in [2.75, 3.05) is 6.79 Å². The van der Waals surface area contributed by atoms with E-state index in [2.05, 4.69) is 0 Å². The van der Waals surface area contributed by atoms with Crippen LogP contribution < -0.4 is 14.2 Å². The number of ether oxygens (including phenoxy) is 3. The lowest BCUT2D eigenvalue weighted by Gasteiger charge is -2.14. The van der Waals surface area contributed by atoms with E-state index in [-0.39, 0.29) is 24.5 Å². The number of amides is 2. The average molecular weight is 460 g/mol. The topological polar surface area (TPSA) is 65.1 Å². The van der Waals surface area contributed by atoms with Gasteiger partial charge in [-0.1, -0.05) is 42.5 Å². The summed E-state index contributed by atoms with van der Waals surface area (Å²) in [6, 6.07) is 20.9. The molecule has 3 aromatic rings. The Bertz CT molecular complexity index is 1250. The predicted molar refractivity (Wildman–Crippen MR) is 126 cm³/mol. The van der Waals surface area contributed by atoms with E-state index in [1.807, 2.05) is 73.7 Å². The van der Waals surface area contributed by atoms with Crippen LogP contribution in [0.2, 0.25) is 0 Å². The number of benzene rings is 3. The number of carbonyl (C=O) groups excluding carboxylic acids is 2. The van der Waals surface area contributed by atoms with E-state index in [4.69, 9.17) is 14.2 Å². The molecule has 0 aliphatic carbocycles. The Morgan fingerprint density at radius 2 is 1.79 bits per heavy atom. The van der Waals surface area contributed by atoms with Crippen LogP contribution in [0.3, 0.4) is 0 Å². The Morgan fingerprint density at radius 1 is 1.00 bits per heavy atom. The highest BCUT2D eigenvalue weighted by Gasteiger charge is 2.35. The second-order valence-electron chi connectivity index (χ2n) is 7.74. The van der Waals surface area contributed by atoms with E-state index in [1.54, 1.807) is 6.08 Å². The Morgan fingerprint density at radius 3 is 2.61 bits per heavy atom. The molecule has 0 unspecified atom stereocenters. The van der Waals surface area contributed by atoms with Crippen molar-refractivity contribution >= 4 is 29.0 Å². The molecule has 2 heterocycles. The molecule has 0 bridgehead atoms. The molecule has 7 heteroatoms. The maximum absolute atomic E-state index is 12.8. The molecule has 0 saturated carbocycles. The monoisotopic (exact) mass is 459 g/mol. The third kappa shape index (κ3) is 4.59. The van der Waals surface area contributed by atoms with Gasteiger partial charge in [0.1, 0.15) is 12.4 Å². The molecule has 5 rings (SSSR count). The number of fused-ring (bicyclic) bond motifs is 1. The van der Waals surface area contributed by atoms with Crippen LogP contribution in [0.5, 0.6) is 17.2 Å². The van der Waals surface area contributed by atoms with E-state index in [1.165, 1.54) is 4.90 Å². The maximum atomic E-state index is 12.8. The van der Waals surface area contributed by atoms with Gasteiger partial charge in [0, 0.05) is 0 Å². The number of imide groups is 1. The van der Waals surface area contributed by atoms with Crippen molar-refractivity contribution < 1.29 is 23.8 Å². The quantitative estimate of drug-likeness (QED) is 0.451. The molecule has 0 spiro atoms. The third-order valence-corrected chi connectivity index (χ3v) is 6.39. The van der Waals surface area contributed by atoms with Crippen molar-refractivity contribution in [2.45, 2.75) is 20.1 Å². The lowest BCUT2D eigenvalue weighted by Crippen LogP contribution is -2.27. The molecule has 0 radical (unpaired) electrons. The standard InChI is InChI=1S/C26H21NO5S/c1-17-4-2-3-5-20(17)14-27-25(28)24(33-26(27)29)13-18-6-9-21(10-7-18)30-15-19-8-11-22-23(12-19)32-16-31-22/h2-13H,14-16H2,1H3/b24-13-. The van der Waals surface area contributed by atoms with E-state index in [0.29, 0.717) is 17.3 Å². The molecule has 1 saturated heterocycles. The van der Waals surface area contributed by atoms with Crippen LogP contribution in [0.15, 0.2) is 71.6 Å². The number of hydrogen-bond acceptors (Lipinski definition) is 6. The molecule has 6 nitrogen and oxygen atoms in total. The molecule has 3 aromatic carbocycles. The van der Waals surface area contributed by atoms with Gasteiger partial charge in [-0.15, -0.1) is 0 Å². The van der Waals surface area contributed by atoms with Gasteiger partial charge in [0.2, 0.25) is 6.79 Å². The Balaban J connectivity index is 1.23. The molecular weight excluding hydrogens is 438 g/mol. The highest BCUT2D eigenvalue weighted by molar-refractivity contribution is 8.18. The van der Waals surface area contributed by atoms with Gasteiger partial charge < -0.3 is 14.2 Å². The fraction of sp³-hybridized carbons (Fsp3) is 0.154. The molecule has 0 aromatic heterocycles. The zero-order chi connectivity index (χ0) is 22.8. The van der Waals surface area contributed by atoms with E-state index in [0.717, 1.165) is 45.5 Å². The second kappa shape index (κ2) is 9.03. The van der Waals surface area contributed by atoms with Gasteiger partial charge in [0.15, 0.2) is 11.5 Å². The van der Waals surface area contributed by atoms with Crippen LogP contribution in [0, 0.1) is 6.92 Å². The molecule has 0 N–H and O–H groups in total. The number of aryl methyl sites for hydroxylation is 1. The smallest absolute Gasteiger partial charge is 0.293 e. The molecule has 2 aliphatic heterocycles. The molecule has 33 heavy (non-hydrogen) atoms. The van der Waals surface area contributed by atoms with Crippen molar-refractivity contribution in [3.8, 4) is 17.2 Å². The summed E-state index contributed by atoms with van der Waals surface area (Å²) >= 11 is 0.968. The molecular formula is C26H21NO5S. The number of nitrogens with zero attached hydrogens (tertiary/aromatic N) is 1. The highest BCUT2D eigenvalue weighted by Crippen LogP contribution is 2.34. The number of thioether (sulfide) groups is 1. The Hall–Kier alpha value is -3.71. The van der Waals surface area contributed by atoms with E-state index < -0.39 is 0 Å². The van der Waals surface area contributed by atoms with Crippen LogP contribution in [0.4, 0.5) is 4.79 Å². The zero-order valence-corrected chi connectivity index (χ0v) is 18.8. The van der Waals surface area contributed by atoms with Crippen LogP contribution >= 0.6 is 11.8 Å². The summed E-state index contributed by atoms with van der Waals surface area (Å²) in [4.78, 5) is 27.0. The first-order valence-electron chi connectivity index (χ1n) is 10.5. The number of carbonyl (C=O) groups is 2. The summed E-state index contributed by atoms with van der Waals surface area (Å²) in [6.45, 7) is 2.89. The van der Waals surface area contributed by atoms with Gasteiger partial charge in [0.25, 0.3) is 11.1 Å². The molecule has 2 amide bonds. The van der Waals surface area contributed by atoms with Crippen molar-refractivity contribution in [2.24, 2.45) is 0 Å². The fourth-order valence-corrected chi connectivity index (χ4v) is 4.44. The second-order valence-corrected chi connectivity index (χ2v) is 8.73. The summed E-state index contributed by atoms with van der Waals surface area (Å²) < 4.78 is 16.6. The zero-order valence-electron chi connectivity index (χ0n) is 17.9. The summed E-state index contributed by atoms with van der Waals surface area (Å²) in [6.07, 6.45) is 1.74. The van der Waals surface area contributed by atoms with Gasteiger partial charge >= 0.3 is 0 Å². The van der Waals surface area contributed by atoms with E-state index in [9.17, 15) is 9.59 Å². The van der Waals surface area contributed by atoms with Crippen molar-refractivity contribution in [1.82, 2.24) is 4.90 Å². The van der Waals surface area contributed by atoms with Gasteiger partial charge in [-0.3, -0.25) is 14.5 Å². The van der Waals surface area contributed by atoms with Crippen LogP contribution in [-0.2, 0) is 17.9 Å². The Labute approximate surface area is 195 Å². The number of hydrogen-bond donors (Lipinski definition) is 0. The summed E-state index contributed by atoms with van der Waals surface area (Å²) in [7, 11) is 0. The minimum Gasteiger partial charge on any atom is -0.489 e. The minimum absolute atomic E-state index is 0.243. The predicted octanol–water partition coefficient (Wildman–Crippen LogP) is 5.54. The van der Waals surface area contributed by atoms with Gasteiger partial charge in [-0.2, -0.15) is 0 Å². The third-order valence-electron chi connectivity index (χ3n) is 5.48. The molecule has 1 fully saturated rings. The Kier molecular flexibility index (Phi) is 5.79. The first kappa shape index (κ1) is 21.2. The van der Waals surface area contributed by atoms with E-state index >= 15 is 0 Å². The normalized spacial score (nSPS) is 16.0. The summed E-state index contributed by atoms with van der Waals surface area (Å²) in [5.41, 5.74) is 3.82. The first-order chi connectivity index (χ1) is 16.1. The largest absolute Gasteiger partial charge is 0.489 e. The highest BCUT2D eigenvalue weighted by atomic mass is 32.2. The molecule has 2 aliphatic rings. The van der Waals surface area contributed by atoms with Crippen LogP contribution in [0.25, 0.3) is 6.08 Å². The van der Waals surface area contributed by atoms with Gasteiger partial charge in [-0.05, 0) is 71.3 Å². The van der Waals surface area contributed by atoms with Crippen LogP contribution in [-0.4, -0.2) is 22.8 Å². The molecule has 0 atom stereocenters. The summed E-state index contributed by atoms with van der Waals surface area (Å²) in [5.74, 6) is 1.91. The maximum Gasteiger partial charge on any atom is 0.293 e.